The molecule has 1 aromatic heterocycles. The van der Waals surface area contributed by atoms with E-state index >= 15 is 0 Å². The molecule has 23 heavy (non-hydrogen) atoms. The summed E-state index contributed by atoms with van der Waals surface area (Å²) in [5.41, 5.74) is 2.69. The molecular formula is C17H21BrN4O. The van der Waals surface area contributed by atoms with Crippen molar-refractivity contribution < 1.29 is 4.79 Å². The molecule has 1 fully saturated rings. The Labute approximate surface area is 144 Å². The van der Waals surface area contributed by atoms with Crippen LogP contribution in [0, 0.1) is 6.92 Å². The molecule has 0 spiro atoms. The molecule has 0 atom stereocenters. The van der Waals surface area contributed by atoms with Crippen LogP contribution in [-0.2, 0) is 6.54 Å². The van der Waals surface area contributed by atoms with Crippen LogP contribution < -0.4 is 5.32 Å². The summed E-state index contributed by atoms with van der Waals surface area (Å²) in [6, 6.07) is 10.4. The Morgan fingerprint density at radius 1 is 1.39 bits per heavy atom. The number of nitrogens with zero attached hydrogens (tertiary/aromatic N) is 2. The van der Waals surface area contributed by atoms with Gasteiger partial charge in [-0.3, -0.25) is 14.8 Å². The van der Waals surface area contributed by atoms with E-state index < -0.39 is 0 Å². The van der Waals surface area contributed by atoms with Gasteiger partial charge in [-0.05, 0) is 43.5 Å². The van der Waals surface area contributed by atoms with Crippen molar-refractivity contribution in [2.45, 2.75) is 32.4 Å². The second-order valence-electron chi connectivity index (χ2n) is 6.09. The molecular weight excluding hydrogens is 356 g/mol. The maximum absolute atomic E-state index is 12.1. The molecule has 6 heteroatoms. The number of benzene rings is 1. The Kier molecular flexibility index (Phi) is 5.13. The first kappa shape index (κ1) is 16.2. The SMILES string of the molecule is Cc1cc(C(=O)NC2CCN(Cc3cccc(Br)c3)CC2)n[nH]1. The van der Waals surface area contributed by atoms with Crippen molar-refractivity contribution in [2.75, 3.05) is 13.1 Å². The van der Waals surface area contributed by atoms with E-state index in [2.05, 4.69) is 54.5 Å². The molecule has 2 N–H and O–H groups in total. The quantitative estimate of drug-likeness (QED) is 0.862. The van der Waals surface area contributed by atoms with Crippen molar-refractivity contribution in [1.82, 2.24) is 20.4 Å². The molecule has 1 aromatic carbocycles. The van der Waals surface area contributed by atoms with Gasteiger partial charge < -0.3 is 5.32 Å². The third-order valence-electron chi connectivity index (χ3n) is 4.16. The average Bonchev–Trinajstić information content (AvgIpc) is 2.96. The maximum atomic E-state index is 12.1. The van der Waals surface area contributed by atoms with Gasteiger partial charge in [-0.1, -0.05) is 28.1 Å². The number of piperidine rings is 1. The summed E-state index contributed by atoms with van der Waals surface area (Å²) in [7, 11) is 0. The second-order valence-corrected chi connectivity index (χ2v) is 7.01. The van der Waals surface area contributed by atoms with Gasteiger partial charge in [-0.25, -0.2) is 0 Å². The number of H-pyrrole nitrogens is 1. The highest BCUT2D eigenvalue weighted by molar-refractivity contribution is 9.10. The fraction of sp³-hybridized carbons (Fsp3) is 0.412. The highest BCUT2D eigenvalue weighted by atomic mass is 79.9. The van der Waals surface area contributed by atoms with Crippen molar-refractivity contribution in [3.8, 4) is 0 Å². The summed E-state index contributed by atoms with van der Waals surface area (Å²) in [4.78, 5) is 14.6. The van der Waals surface area contributed by atoms with Crippen LogP contribution in [0.1, 0.15) is 34.6 Å². The van der Waals surface area contributed by atoms with E-state index in [1.165, 1.54) is 5.56 Å². The Morgan fingerprint density at radius 2 is 2.17 bits per heavy atom. The zero-order chi connectivity index (χ0) is 16.2. The summed E-state index contributed by atoms with van der Waals surface area (Å²) in [5, 5.41) is 9.90. The Balaban J connectivity index is 1.47. The number of rotatable bonds is 4. The van der Waals surface area contributed by atoms with Gasteiger partial charge in [0.1, 0.15) is 5.69 Å². The Bertz CT molecular complexity index is 677. The maximum Gasteiger partial charge on any atom is 0.271 e. The molecule has 0 radical (unpaired) electrons. The number of likely N-dealkylation sites (tertiary alicyclic amines) is 1. The minimum Gasteiger partial charge on any atom is -0.348 e. The number of nitrogens with one attached hydrogen (secondary N) is 2. The van der Waals surface area contributed by atoms with E-state index in [1.807, 2.05) is 13.0 Å². The van der Waals surface area contributed by atoms with E-state index in [4.69, 9.17) is 0 Å². The Morgan fingerprint density at radius 3 is 2.83 bits per heavy atom. The lowest BCUT2D eigenvalue weighted by Crippen LogP contribution is -2.44. The lowest BCUT2D eigenvalue weighted by atomic mass is 10.0. The third kappa shape index (κ3) is 4.42. The zero-order valence-electron chi connectivity index (χ0n) is 13.2. The lowest BCUT2D eigenvalue weighted by Gasteiger charge is -2.32. The molecule has 1 aliphatic heterocycles. The zero-order valence-corrected chi connectivity index (χ0v) is 14.8. The van der Waals surface area contributed by atoms with Crippen molar-refractivity contribution >= 4 is 21.8 Å². The van der Waals surface area contributed by atoms with Crippen LogP contribution in [0.2, 0.25) is 0 Å². The smallest absolute Gasteiger partial charge is 0.271 e. The number of amides is 1. The van der Waals surface area contributed by atoms with E-state index in [-0.39, 0.29) is 11.9 Å². The van der Waals surface area contributed by atoms with E-state index in [0.717, 1.165) is 42.6 Å². The molecule has 1 aliphatic rings. The molecule has 0 saturated carbocycles. The molecule has 0 aliphatic carbocycles. The molecule has 3 rings (SSSR count). The molecule has 2 aromatic rings. The fourth-order valence-corrected chi connectivity index (χ4v) is 3.37. The number of aromatic nitrogens is 2. The van der Waals surface area contributed by atoms with Gasteiger partial charge in [0.25, 0.3) is 5.91 Å². The predicted molar refractivity (Wildman–Crippen MR) is 93.2 cm³/mol. The standard InChI is InChI=1S/C17H21BrN4O/c1-12-9-16(21-20-12)17(23)19-15-5-7-22(8-6-15)11-13-3-2-4-14(18)10-13/h2-4,9-10,15H,5-8,11H2,1H3,(H,19,23)(H,20,21). The summed E-state index contributed by atoms with van der Waals surface area (Å²) >= 11 is 3.51. The van der Waals surface area contributed by atoms with Crippen LogP contribution in [0.15, 0.2) is 34.8 Å². The van der Waals surface area contributed by atoms with Gasteiger partial charge in [0.2, 0.25) is 0 Å². The van der Waals surface area contributed by atoms with Crippen LogP contribution >= 0.6 is 15.9 Å². The highest BCUT2D eigenvalue weighted by Gasteiger charge is 2.22. The largest absolute Gasteiger partial charge is 0.348 e. The summed E-state index contributed by atoms with van der Waals surface area (Å²) in [6.45, 7) is 4.84. The number of carbonyl (C=O) groups excluding carboxylic acids is 1. The first-order chi connectivity index (χ1) is 11.1. The van der Waals surface area contributed by atoms with E-state index in [0.29, 0.717) is 5.69 Å². The van der Waals surface area contributed by atoms with E-state index in [9.17, 15) is 4.79 Å². The van der Waals surface area contributed by atoms with Gasteiger partial charge in [0, 0.05) is 35.8 Å². The van der Waals surface area contributed by atoms with Gasteiger partial charge in [0.05, 0.1) is 0 Å². The number of halogens is 1. The fourth-order valence-electron chi connectivity index (χ4n) is 2.92. The summed E-state index contributed by atoms with van der Waals surface area (Å²) in [6.07, 6.45) is 1.95. The normalized spacial score (nSPS) is 16.4. The number of aromatic amines is 1. The number of carbonyl (C=O) groups is 1. The van der Waals surface area contributed by atoms with Crippen LogP contribution in [0.4, 0.5) is 0 Å². The van der Waals surface area contributed by atoms with Gasteiger partial charge in [-0.15, -0.1) is 0 Å². The molecule has 1 saturated heterocycles. The van der Waals surface area contributed by atoms with Crippen molar-refractivity contribution in [3.63, 3.8) is 0 Å². The van der Waals surface area contributed by atoms with Crippen LogP contribution in [-0.4, -0.2) is 40.1 Å². The first-order valence-electron chi connectivity index (χ1n) is 7.90. The molecule has 0 bridgehead atoms. The first-order valence-corrected chi connectivity index (χ1v) is 8.69. The predicted octanol–water partition coefficient (Wildman–Crippen LogP) is 2.88. The van der Waals surface area contributed by atoms with E-state index in [1.54, 1.807) is 6.07 Å². The minimum absolute atomic E-state index is 0.0835. The number of hydrogen-bond donors (Lipinski definition) is 2. The summed E-state index contributed by atoms with van der Waals surface area (Å²) < 4.78 is 1.12. The van der Waals surface area contributed by atoms with Crippen molar-refractivity contribution in [2.24, 2.45) is 0 Å². The molecule has 5 nitrogen and oxygen atoms in total. The minimum atomic E-state index is -0.0835. The molecule has 2 heterocycles. The van der Waals surface area contributed by atoms with Gasteiger partial charge in [0.15, 0.2) is 0 Å². The van der Waals surface area contributed by atoms with Crippen LogP contribution in [0.3, 0.4) is 0 Å². The summed E-state index contributed by atoms with van der Waals surface area (Å²) in [5.74, 6) is -0.0835. The topological polar surface area (TPSA) is 61.0 Å². The van der Waals surface area contributed by atoms with Gasteiger partial charge >= 0.3 is 0 Å². The van der Waals surface area contributed by atoms with Crippen molar-refractivity contribution in [1.29, 1.82) is 0 Å². The average molecular weight is 377 g/mol. The molecule has 122 valence electrons. The monoisotopic (exact) mass is 376 g/mol. The highest BCUT2D eigenvalue weighted by Crippen LogP contribution is 2.17. The number of hydrogen-bond acceptors (Lipinski definition) is 3. The molecule has 1 amide bonds. The lowest BCUT2D eigenvalue weighted by molar-refractivity contribution is 0.0904. The third-order valence-corrected chi connectivity index (χ3v) is 4.65. The van der Waals surface area contributed by atoms with Crippen molar-refractivity contribution in [3.05, 3.63) is 51.8 Å². The van der Waals surface area contributed by atoms with Crippen LogP contribution in [0.5, 0.6) is 0 Å². The van der Waals surface area contributed by atoms with Crippen LogP contribution in [0.25, 0.3) is 0 Å². The second kappa shape index (κ2) is 7.27. The van der Waals surface area contributed by atoms with Gasteiger partial charge in [-0.2, -0.15) is 5.10 Å². The Hall–Kier alpha value is -1.66. The number of aryl methyl sites for hydroxylation is 1. The molecule has 0 unspecified atom stereocenters.